The van der Waals surface area contributed by atoms with Crippen LogP contribution in [0, 0.1) is 0 Å². The number of rotatable bonds is 5. The van der Waals surface area contributed by atoms with Gasteiger partial charge in [0.15, 0.2) is 11.5 Å². The van der Waals surface area contributed by atoms with E-state index in [-0.39, 0.29) is 6.10 Å². The maximum Gasteiger partial charge on any atom is 0.161 e. The van der Waals surface area contributed by atoms with E-state index in [1.807, 2.05) is 24.3 Å². The van der Waals surface area contributed by atoms with Crippen LogP contribution in [-0.2, 0) is 0 Å². The maximum absolute atomic E-state index is 5.98. The molecule has 4 nitrogen and oxygen atoms in total. The van der Waals surface area contributed by atoms with E-state index in [4.69, 9.17) is 15.2 Å². The van der Waals surface area contributed by atoms with Crippen molar-refractivity contribution in [1.29, 1.82) is 0 Å². The van der Waals surface area contributed by atoms with Crippen molar-refractivity contribution in [1.82, 2.24) is 4.90 Å². The highest BCUT2D eigenvalue weighted by Gasteiger charge is 2.32. The standard InChI is InChI=1S/C14H20N2O2/c15-7-8-16(11-5-6-11)9-12-10-17-13-3-1-2-4-14(13)18-12/h1-4,11-12H,5-10,15H2. The molecule has 1 atom stereocenters. The molecule has 1 aliphatic carbocycles. The average molecular weight is 248 g/mol. The lowest BCUT2D eigenvalue weighted by Crippen LogP contribution is -2.43. The van der Waals surface area contributed by atoms with Crippen LogP contribution in [0.15, 0.2) is 24.3 Å². The lowest BCUT2D eigenvalue weighted by Gasteiger charge is -2.31. The molecule has 0 aromatic heterocycles. The highest BCUT2D eigenvalue weighted by molar-refractivity contribution is 5.40. The number of benzene rings is 1. The summed E-state index contributed by atoms with van der Waals surface area (Å²) in [7, 11) is 0. The van der Waals surface area contributed by atoms with Gasteiger partial charge in [0, 0.05) is 25.7 Å². The Bertz CT molecular complexity index is 407. The molecule has 18 heavy (non-hydrogen) atoms. The highest BCUT2D eigenvalue weighted by atomic mass is 16.6. The number of hydrogen-bond donors (Lipinski definition) is 1. The van der Waals surface area contributed by atoms with Gasteiger partial charge in [0.2, 0.25) is 0 Å². The lowest BCUT2D eigenvalue weighted by atomic mass is 10.2. The summed E-state index contributed by atoms with van der Waals surface area (Å²) in [6.07, 6.45) is 2.71. The number of para-hydroxylation sites is 2. The van der Waals surface area contributed by atoms with E-state index in [1.54, 1.807) is 0 Å². The Kier molecular flexibility index (Phi) is 3.39. The Hall–Kier alpha value is -1.26. The predicted octanol–water partition coefficient (Wildman–Crippen LogP) is 1.25. The summed E-state index contributed by atoms with van der Waals surface area (Å²) < 4.78 is 11.7. The van der Waals surface area contributed by atoms with Gasteiger partial charge in [-0.05, 0) is 25.0 Å². The van der Waals surface area contributed by atoms with Gasteiger partial charge in [-0.1, -0.05) is 12.1 Å². The number of nitrogens with zero attached hydrogens (tertiary/aromatic N) is 1. The van der Waals surface area contributed by atoms with Crippen molar-refractivity contribution in [3.8, 4) is 11.5 Å². The first kappa shape index (κ1) is 11.8. The third-order valence-corrected chi connectivity index (χ3v) is 3.49. The summed E-state index contributed by atoms with van der Waals surface area (Å²) in [4.78, 5) is 2.43. The highest BCUT2D eigenvalue weighted by Crippen LogP contribution is 2.32. The Morgan fingerprint density at radius 3 is 2.72 bits per heavy atom. The summed E-state index contributed by atoms with van der Waals surface area (Å²) in [5, 5.41) is 0. The van der Waals surface area contributed by atoms with E-state index >= 15 is 0 Å². The summed E-state index contributed by atoms with van der Waals surface area (Å²) >= 11 is 0. The minimum absolute atomic E-state index is 0.118. The lowest BCUT2D eigenvalue weighted by molar-refractivity contribution is 0.0572. The van der Waals surface area contributed by atoms with Crippen LogP contribution in [0.3, 0.4) is 0 Å². The van der Waals surface area contributed by atoms with Crippen LogP contribution in [0.2, 0.25) is 0 Å². The zero-order chi connectivity index (χ0) is 12.4. The van der Waals surface area contributed by atoms with Gasteiger partial charge in [-0.2, -0.15) is 0 Å². The topological polar surface area (TPSA) is 47.7 Å². The number of hydrogen-bond acceptors (Lipinski definition) is 4. The molecule has 0 bridgehead atoms. The van der Waals surface area contributed by atoms with Crippen LogP contribution in [0.4, 0.5) is 0 Å². The predicted molar refractivity (Wildman–Crippen MR) is 70.0 cm³/mol. The Labute approximate surface area is 108 Å². The fourth-order valence-electron chi connectivity index (χ4n) is 2.44. The van der Waals surface area contributed by atoms with Crippen LogP contribution in [-0.4, -0.2) is 43.3 Å². The second kappa shape index (κ2) is 5.16. The summed E-state index contributed by atoms with van der Waals surface area (Å²) in [6, 6.07) is 8.57. The van der Waals surface area contributed by atoms with Gasteiger partial charge in [-0.3, -0.25) is 4.90 Å². The number of ether oxygens (including phenoxy) is 2. The SMILES string of the molecule is NCCN(CC1COc2ccccc2O1)C1CC1. The quantitative estimate of drug-likeness (QED) is 0.852. The summed E-state index contributed by atoms with van der Waals surface area (Å²) in [6.45, 7) is 3.20. The van der Waals surface area contributed by atoms with E-state index in [0.717, 1.165) is 24.6 Å². The Morgan fingerprint density at radius 1 is 1.22 bits per heavy atom. The molecule has 1 unspecified atom stereocenters. The minimum atomic E-state index is 0.118. The van der Waals surface area contributed by atoms with Crippen molar-refractivity contribution < 1.29 is 9.47 Å². The van der Waals surface area contributed by atoms with Gasteiger partial charge in [-0.25, -0.2) is 0 Å². The fraction of sp³-hybridized carbons (Fsp3) is 0.571. The third-order valence-electron chi connectivity index (χ3n) is 3.49. The first-order valence-electron chi connectivity index (χ1n) is 6.69. The van der Waals surface area contributed by atoms with Crippen molar-refractivity contribution >= 4 is 0 Å². The normalized spacial score (nSPS) is 22.2. The van der Waals surface area contributed by atoms with Crippen LogP contribution < -0.4 is 15.2 Å². The van der Waals surface area contributed by atoms with Gasteiger partial charge in [-0.15, -0.1) is 0 Å². The van der Waals surface area contributed by atoms with Gasteiger partial charge in [0.25, 0.3) is 0 Å². The van der Waals surface area contributed by atoms with Crippen LogP contribution in [0.5, 0.6) is 11.5 Å². The molecule has 1 aromatic rings. The minimum Gasteiger partial charge on any atom is -0.486 e. The van der Waals surface area contributed by atoms with Gasteiger partial charge in [0.05, 0.1) is 0 Å². The monoisotopic (exact) mass is 248 g/mol. The molecule has 2 aliphatic rings. The zero-order valence-electron chi connectivity index (χ0n) is 10.5. The zero-order valence-corrected chi connectivity index (χ0v) is 10.5. The second-order valence-corrected chi connectivity index (χ2v) is 5.01. The Balaban J connectivity index is 1.61. The molecule has 3 rings (SSSR count). The van der Waals surface area contributed by atoms with E-state index in [0.29, 0.717) is 19.2 Å². The largest absolute Gasteiger partial charge is 0.486 e. The van der Waals surface area contributed by atoms with Crippen molar-refractivity contribution in [2.24, 2.45) is 5.73 Å². The molecule has 0 spiro atoms. The molecule has 98 valence electrons. The molecule has 0 amide bonds. The van der Waals surface area contributed by atoms with Crippen LogP contribution in [0.1, 0.15) is 12.8 Å². The van der Waals surface area contributed by atoms with Gasteiger partial charge >= 0.3 is 0 Å². The smallest absolute Gasteiger partial charge is 0.161 e. The summed E-state index contributed by atoms with van der Waals surface area (Å²) in [5.41, 5.74) is 5.66. The van der Waals surface area contributed by atoms with Gasteiger partial charge < -0.3 is 15.2 Å². The van der Waals surface area contributed by atoms with Crippen molar-refractivity contribution in [2.75, 3.05) is 26.2 Å². The Morgan fingerprint density at radius 2 is 2.00 bits per heavy atom. The molecular weight excluding hydrogens is 228 g/mol. The van der Waals surface area contributed by atoms with Crippen molar-refractivity contribution in [3.05, 3.63) is 24.3 Å². The molecule has 4 heteroatoms. The van der Waals surface area contributed by atoms with E-state index in [9.17, 15) is 0 Å². The van der Waals surface area contributed by atoms with E-state index in [2.05, 4.69) is 4.90 Å². The molecule has 1 saturated carbocycles. The third kappa shape index (κ3) is 2.60. The van der Waals surface area contributed by atoms with E-state index < -0.39 is 0 Å². The van der Waals surface area contributed by atoms with E-state index in [1.165, 1.54) is 12.8 Å². The van der Waals surface area contributed by atoms with Crippen LogP contribution in [0.25, 0.3) is 0 Å². The number of nitrogens with two attached hydrogens (primary N) is 1. The molecule has 0 saturated heterocycles. The van der Waals surface area contributed by atoms with Gasteiger partial charge in [0.1, 0.15) is 12.7 Å². The second-order valence-electron chi connectivity index (χ2n) is 5.01. The molecular formula is C14H20N2O2. The molecule has 1 fully saturated rings. The molecule has 1 heterocycles. The van der Waals surface area contributed by atoms with Crippen molar-refractivity contribution in [3.63, 3.8) is 0 Å². The molecule has 2 N–H and O–H groups in total. The number of fused-ring (bicyclic) bond motifs is 1. The van der Waals surface area contributed by atoms with Crippen LogP contribution >= 0.6 is 0 Å². The first-order chi connectivity index (χ1) is 8.86. The fourth-order valence-corrected chi connectivity index (χ4v) is 2.44. The average Bonchev–Trinajstić information content (AvgIpc) is 3.22. The molecule has 0 radical (unpaired) electrons. The molecule has 1 aromatic carbocycles. The molecule has 1 aliphatic heterocycles. The maximum atomic E-state index is 5.98. The van der Waals surface area contributed by atoms with Crippen molar-refractivity contribution in [2.45, 2.75) is 25.0 Å². The first-order valence-corrected chi connectivity index (χ1v) is 6.69. The summed E-state index contributed by atoms with van der Waals surface area (Å²) in [5.74, 6) is 1.71.